The zero-order valence-electron chi connectivity index (χ0n) is 9.87. The minimum Gasteiger partial charge on any atom is -0.289 e. The average molecular weight is 218 g/mol. The molecule has 0 bridgehead atoms. The number of rotatable bonds is 3. The van der Waals surface area contributed by atoms with Gasteiger partial charge in [-0.05, 0) is 13.0 Å². The van der Waals surface area contributed by atoms with E-state index in [0.29, 0.717) is 0 Å². The molecule has 0 unspecified atom stereocenters. The first-order chi connectivity index (χ1) is 6.88. The predicted octanol–water partition coefficient (Wildman–Crippen LogP) is 3.61. The standard InChI is InChI=1S/C13H18OSi/c1-11-5-7-12(8-6-11)13(14)9-10-15(2,3)4/h5-10H,1-4H3/b10-9+. The van der Waals surface area contributed by atoms with Gasteiger partial charge in [-0.15, -0.1) is 0 Å². The summed E-state index contributed by atoms with van der Waals surface area (Å²) in [5.74, 6) is 0.109. The Kier molecular flexibility index (Phi) is 3.64. The second kappa shape index (κ2) is 4.58. The molecule has 0 saturated carbocycles. The predicted molar refractivity (Wildman–Crippen MR) is 68.0 cm³/mol. The molecule has 1 nitrogen and oxygen atoms in total. The van der Waals surface area contributed by atoms with Crippen LogP contribution in [0, 0.1) is 6.92 Å². The second-order valence-corrected chi connectivity index (χ2v) is 10.00. The van der Waals surface area contributed by atoms with Gasteiger partial charge in [-0.1, -0.05) is 55.2 Å². The summed E-state index contributed by atoms with van der Waals surface area (Å²) in [6.45, 7) is 8.66. The van der Waals surface area contributed by atoms with Crippen LogP contribution in [0.4, 0.5) is 0 Å². The maximum Gasteiger partial charge on any atom is 0.185 e. The Morgan fingerprint density at radius 1 is 1.13 bits per heavy atom. The smallest absolute Gasteiger partial charge is 0.185 e. The molecule has 0 amide bonds. The molecule has 0 saturated heterocycles. The topological polar surface area (TPSA) is 17.1 Å². The fourth-order valence-corrected chi connectivity index (χ4v) is 1.79. The van der Waals surface area contributed by atoms with E-state index in [-0.39, 0.29) is 5.78 Å². The van der Waals surface area contributed by atoms with Crippen LogP contribution < -0.4 is 0 Å². The molecule has 2 heteroatoms. The van der Waals surface area contributed by atoms with Gasteiger partial charge in [0.1, 0.15) is 0 Å². The lowest BCUT2D eigenvalue weighted by atomic mass is 10.1. The minimum absolute atomic E-state index is 0.109. The van der Waals surface area contributed by atoms with Crippen molar-refractivity contribution in [2.24, 2.45) is 0 Å². The number of aryl methyl sites for hydroxylation is 1. The molecular formula is C13H18OSi. The molecule has 0 spiro atoms. The summed E-state index contributed by atoms with van der Waals surface area (Å²) in [4.78, 5) is 11.7. The van der Waals surface area contributed by atoms with E-state index in [1.54, 1.807) is 6.08 Å². The van der Waals surface area contributed by atoms with E-state index >= 15 is 0 Å². The minimum atomic E-state index is -1.27. The maximum absolute atomic E-state index is 11.7. The molecular weight excluding hydrogens is 200 g/mol. The molecule has 0 atom stereocenters. The van der Waals surface area contributed by atoms with Crippen LogP contribution in [0.1, 0.15) is 15.9 Å². The molecule has 0 aliphatic heterocycles. The molecule has 0 N–H and O–H groups in total. The van der Waals surface area contributed by atoms with Crippen LogP contribution in [0.15, 0.2) is 36.0 Å². The molecule has 1 aromatic rings. The van der Waals surface area contributed by atoms with Crippen molar-refractivity contribution in [3.63, 3.8) is 0 Å². The third kappa shape index (κ3) is 4.26. The molecule has 0 fully saturated rings. The van der Waals surface area contributed by atoms with Gasteiger partial charge in [0.15, 0.2) is 5.78 Å². The Morgan fingerprint density at radius 2 is 1.67 bits per heavy atom. The Labute approximate surface area is 92.8 Å². The highest BCUT2D eigenvalue weighted by atomic mass is 28.3. The number of allylic oxidation sites excluding steroid dienone is 1. The third-order valence-electron chi connectivity index (χ3n) is 2.07. The fraction of sp³-hybridized carbons (Fsp3) is 0.308. The molecule has 80 valence electrons. The fourth-order valence-electron chi connectivity index (χ4n) is 1.14. The zero-order chi connectivity index (χ0) is 11.5. The van der Waals surface area contributed by atoms with Gasteiger partial charge in [-0.3, -0.25) is 4.79 Å². The molecule has 0 aliphatic rings. The first kappa shape index (κ1) is 11.9. The maximum atomic E-state index is 11.7. The first-order valence-corrected chi connectivity index (χ1v) is 8.76. The summed E-state index contributed by atoms with van der Waals surface area (Å²) < 4.78 is 0. The second-order valence-electron chi connectivity index (χ2n) is 4.93. The van der Waals surface area contributed by atoms with E-state index in [0.717, 1.165) is 5.56 Å². The van der Waals surface area contributed by atoms with E-state index in [1.165, 1.54) is 5.56 Å². The largest absolute Gasteiger partial charge is 0.289 e. The zero-order valence-corrected chi connectivity index (χ0v) is 10.9. The molecule has 0 radical (unpaired) electrons. The van der Waals surface area contributed by atoms with Crippen molar-refractivity contribution in [1.82, 2.24) is 0 Å². The van der Waals surface area contributed by atoms with Gasteiger partial charge in [0.2, 0.25) is 0 Å². The van der Waals surface area contributed by atoms with Crippen molar-refractivity contribution in [1.29, 1.82) is 0 Å². The Hall–Kier alpha value is -1.15. The van der Waals surface area contributed by atoms with E-state index in [2.05, 4.69) is 25.3 Å². The van der Waals surface area contributed by atoms with Gasteiger partial charge in [-0.2, -0.15) is 0 Å². The molecule has 0 aromatic heterocycles. The third-order valence-corrected chi connectivity index (χ3v) is 3.24. The molecule has 1 rings (SSSR count). The molecule has 0 heterocycles. The van der Waals surface area contributed by atoms with Crippen molar-refractivity contribution >= 4 is 13.9 Å². The Bertz CT molecular complexity index is 369. The van der Waals surface area contributed by atoms with Crippen LogP contribution in [-0.2, 0) is 0 Å². The molecule has 0 aliphatic carbocycles. The highest BCUT2D eigenvalue weighted by Gasteiger charge is 2.08. The van der Waals surface area contributed by atoms with Crippen LogP contribution in [0.25, 0.3) is 0 Å². The van der Waals surface area contributed by atoms with Crippen LogP contribution in [-0.4, -0.2) is 13.9 Å². The van der Waals surface area contributed by atoms with Crippen molar-refractivity contribution < 1.29 is 4.79 Å². The number of carbonyl (C=O) groups is 1. The first-order valence-electron chi connectivity index (χ1n) is 5.19. The van der Waals surface area contributed by atoms with E-state index in [9.17, 15) is 4.79 Å². The lowest BCUT2D eigenvalue weighted by molar-refractivity contribution is 0.104. The molecule has 1 aromatic carbocycles. The summed E-state index contributed by atoms with van der Waals surface area (Å²) in [6, 6.07) is 7.70. The molecule has 15 heavy (non-hydrogen) atoms. The summed E-state index contributed by atoms with van der Waals surface area (Å²) in [5, 5.41) is 0. The SMILES string of the molecule is Cc1ccc(C(=O)/C=C/[Si](C)(C)C)cc1. The van der Waals surface area contributed by atoms with Gasteiger partial charge in [-0.25, -0.2) is 0 Å². The average Bonchev–Trinajstić information content (AvgIpc) is 2.14. The van der Waals surface area contributed by atoms with Gasteiger partial charge < -0.3 is 0 Å². The van der Waals surface area contributed by atoms with Crippen molar-refractivity contribution in [2.45, 2.75) is 26.6 Å². The van der Waals surface area contributed by atoms with E-state index in [4.69, 9.17) is 0 Å². The van der Waals surface area contributed by atoms with Crippen LogP contribution >= 0.6 is 0 Å². The monoisotopic (exact) mass is 218 g/mol. The number of carbonyl (C=O) groups excluding carboxylic acids is 1. The van der Waals surface area contributed by atoms with Gasteiger partial charge in [0.25, 0.3) is 0 Å². The van der Waals surface area contributed by atoms with Crippen molar-refractivity contribution in [3.05, 3.63) is 47.2 Å². The van der Waals surface area contributed by atoms with Crippen molar-refractivity contribution in [2.75, 3.05) is 0 Å². The number of benzene rings is 1. The summed E-state index contributed by atoms with van der Waals surface area (Å²) in [5.41, 5.74) is 4.03. The lowest BCUT2D eigenvalue weighted by Gasteiger charge is -2.07. The van der Waals surface area contributed by atoms with Gasteiger partial charge in [0, 0.05) is 5.56 Å². The highest BCUT2D eigenvalue weighted by Crippen LogP contribution is 2.07. The number of hydrogen-bond acceptors (Lipinski definition) is 1. The van der Waals surface area contributed by atoms with Gasteiger partial charge >= 0.3 is 0 Å². The van der Waals surface area contributed by atoms with E-state index in [1.807, 2.05) is 31.2 Å². The number of hydrogen-bond donors (Lipinski definition) is 0. The summed E-state index contributed by atoms with van der Waals surface area (Å²) in [7, 11) is -1.27. The number of ketones is 1. The summed E-state index contributed by atoms with van der Waals surface area (Å²) in [6.07, 6.45) is 1.72. The van der Waals surface area contributed by atoms with E-state index < -0.39 is 8.07 Å². The van der Waals surface area contributed by atoms with Crippen LogP contribution in [0.5, 0.6) is 0 Å². The lowest BCUT2D eigenvalue weighted by Crippen LogP contribution is -2.16. The Balaban J connectivity index is 2.78. The van der Waals surface area contributed by atoms with Crippen LogP contribution in [0.2, 0.25) is 19.6 Å². The van der Waals surface area contributed by atoms with Crippen LogP contribution in [0.3, 0.4) is 0 Å². The highest BCUT2D eigenvalue weighted by molar-refractivity contribution is 6.81. The Morgan fingerprint density at radius 3 is 2.13 bits per heavy atom. The quantitative estimate of drug-likeness (QED) is 0.430. The van der Waals surface area contributed by atoms with Crippen molar-refractivity contribution in [3.8, 4) is 0 Å². The van der Waals surface area contributed by atoms with Gasteiger partial charge in [0.05, 0.1) is 8.07 Å². The summed E-state index contributed by atoms with van der Waals surface area (Å²) >= 11 is 0. The normalized spacial score (nSPS) is 12.0.